The van der Waals surface area contributed by atoms with Crippen LogP contribution >= 0.6 is 0 Å². The zero-order valence-corrected chi connectivity index (χ0v) is 19.3. The van der Waals surface area contributed by atoms with E-state index in [4.69, 9.17) is 9.47 Å². The van der Waals surface area contributed by atoms with Crippen LogP contribution in [-0.4, -0.2) is 55.7 Å². The molecular weight excluding hydrogens is 420 g/mol. The molecule has 0 saturated carbocycles. The summed E-state index contributed by atoms with van der Waals surface area (Å²) in [4.78, 5) is 30.7. The minimum Gasteiger partial charge on any atom is -0.493 e. The molecule has 2 aliphatic heterocycles. The lowest BCUT2D eigenvalue weighted by Crippen LogP contribution is -2.40. The van der Waals surface area contributed by atoms with Crippen LogP contribution in [0.4, 0.5) is 5.69 Å². The number of hydrogen-bond donors (Lipinski definition) is 1. The first-order valence-corrected chi connectivity index (χ1v) is 11.3. The van der Waals surface area contributed by atoms with Gasteiger partial charge in [-0.15, -0.1) is 0 Å². The minimum absolute atomic E-state index is 0.0554. The average molecular weight is 451 g/mol. The lowest BCUT2D eigenvalue weighted by molar-refractivity contribution is -0.120. The zero-order chi connectivity index (χ0) is 23.5. The Labute approximate surface area is 194 Å². The van der Waals surface area contributed by atoms with Crippen LogP contribution in [0.15, 0.2) is 48.2 Å². The predicted molar refractivity (Wildman–Crippen MR) is 126 cm³/mol. The Hall–Kier alpha value is -3.32. The Bertz CT molecular complexity index is 1080. The lowest BCUT2D eigenvalue weighted by Gasteiger charge is -2.34. The van der Waals surface area contributed by atoms with E-state index in [9.17, 15) is 14.7 Å². The van der Waals surface area contributed by atoms with Crippen LogP contribution in [0.1, 0.15) is 30.9 Å². The molecule has 0 bridgehead atoms. The number of amides is 2. The highest BCUT2D eigenvalue weighted by molar-refractivity contribution is 6.45. The van der Waals surface area contributed by atoms with E-state index in [-0.39, 0.29) is 24.3 Å². The summed E-state index contributed by atoms with van der Waals surface area (Å²) < 4.78 is 10.8. The second-order valence-corrected chi connectivity index (χ2v) is 8.40. The third-order valence-corrected chi connectivity index (χ3v) is 6.43. The predicted octanol–water partition coefficient (Wildman–Crippen LogP) is 3.26. The van der Waals surface area contributed by atoms with Crippen molar-refractivity contribution in [2.24, 2.45) is 5.92 Å². The molecule has 1 N–H and O–H groups in total. The number of anilines is 1. The van der Waals surface area contributed by atoms with Gasteiger partial charge in [-0.05, 0) is 60.6 Å². The summed E-state index contributed by atoms with van der Waals surface area (Å²) in [6.07, 6.45) is 2.62. The van der Waals surface area contributed by atoms with Gasteiger partial charge in [0.25, 0.3) is 11.8 Å². The first-order valence-electron chi connectivity index (χ1n) is 11.3. The van der Waals surface area contributed by atoms with Gasteiger partial charge in [0.15, 0.2) is 11.5 Å². The normalized spacial score (nSPS) is 18.8. The number of aryl methyl sites for hydroxylation is 1. The van der Waals surface area contributed by atoms with E-state index >= 15 is 0 Å². The summed E-state index contributed by atoms with van der Waals surface area (Å²) in [5.74, 6) is 0.397. The summed E-state index contributed by atoms with van der Waals surface area (Å²) in [6.45, 7) is 3.30. The van der Waals surface area contributed by atoms with Gasteiger partial charge in [-0.2, -0.15) is 0 Å². The monoisotopic (exact) mass is 450 g/mol. The molecule has 1 saturated heterocycles. The topological polar surface area (TPSA) is 79.3 Å². The first kappa shape index (κ1) is 22.9. The molecule has 2 aliphatic rings. The van der Waals surface area contributed by atoms with Crippen molar-refractivity contribution in [3.63, 3.8) is 0 Å². The number of carbonyl (C=O) groups is 2. The molecule has 2 aromatic rings. The van der Waals surface area contributed by atoms with Crippen LogP contribution in [0, 0.1) is 5.92 Å². The highest BCUT2D eigenvalue weighted by atomic mass is 16.5. The number of carbonyl (C=O) groups excluding carboxylic acids is 2. The highest BCUT2D eigenvalue weighted by Gasteiger charge is 2.43. The van der Waals surface area contributed by atoms with Crippen molar-refractivity contribution >= 4 is 23.1 Å². The molecule has 4 rings (SSSR count). The second-order valence-electron chi connectivity index (χ2n) is 8.40. The van der Waals surface area contributed by atoms with Crippen LogP contribution in [0.25, 0.3) is 5.57 Å². The van der Waals surface area contributed by atoms with Crippen molar-refractivity contribution in [2.45, 2.75) is 26.2 Å². The van der Waals surface area contributed by atoms with E-state index in [2.05, 4.69) is 6.92 Å². The van der Waals surface area contributed by atoms with Crippen molar-refractivity contribution in [1.29, 1.82) is 0 Å². The van der Waals surface area contributed by atoms with Crippen LogP contribution in [0.5, 0.6) is 11.5 Å². The van der Waals surface area contributed by atoms with Crippen molar-refractivity contribution in [2.75, 3.05) is 38.8 Å². The van der Waals surface area contributed by atoms with E-state index in [1.165, 1.54) is 12.0 Å². The Balaban J connectivity index is 1.82. The standard InChI is InChI=1S/C26H30N2O5/c1-4-17-7-10-20(11-8-17)28-25(30)23(19-9-12-21(32-2)22(14-19)33-3)24(26(28)31)27-13-5-6-18(15-27)16-29/h7-12,14,18,29H,4-6,13,15-16H2,1-3H3. The fourth-order valence-electron chi connectivity index (χ4n) is 4.60. The smallest absolute Gasteiger partial charge is 0.282 e. The molecule has 7 nitrogen and oxygen atoms in total. The average Bonchev–Trinajstić information content (AvgIpc) is 3.13. The van der Waals surface area contributed by atoms with E-state index < -0.39 is 0 Å². The number of aliphatic hydroxyl groups excluding tert-OH is 1. The quantitative estimate of drug-likeness (QED) is 0.653. The van der Waals surface area contributed by atoms with Crippen molar-refractivity contribution < 1.29 is 24.2 Å². The first-order chi connectivity index (χ1) is 16.0. The third kappa shape index (κ3) is 4.20. The van der Waals surface area contributed by atoms with Gasteiger partial charge in [-0.25, -0.2) is 4.90 Å². The maximum Gasteiger partial charge on any atom is 0.282 e. The number of aliphatic hydroxyl groups is 1. The summed E-state index contributed by atoms with van der Waals surface area (Å²) in [6, 6.07) is 12.8. The molecule has 2 aromatic carbocycles. The van der Waals surface area contributed by atoms with Crippen molar-refractivity contribution in [1.82, 2.24) is 4.90 Å². The number of methoxy groups -OCH3 is 2. The summed E-state index contributed by atoms with van der Waals surface area (Å²) in [5, 5.41) is 9.72. The third-order valence-electron chi connectivity index (χ3n) is 6.43. The molecule has 0 spiro atoms. The lowest BCUT2D eigenvalue weighted by atomic mass is 9.96. The number of imide groups is 1. The largest absolute Gasteiger partial charge is 0.493 e. The fourth-order valence-corrected chi connectivity index (χ4v) is 4.60. The minimum atomic E-state index is -0.363. The van der Waals surface area contributed by atoms with E-state index in [1.54, 1.807) is 25.3 Å². The number of piperidine rings is 1. The van der Waals surface area contributed by atoms with Crippen molar-refractivity contribution in [3.8, 4) is 11.5 Å². The maximum atomic E-state index is 13.7. The number of hydrogen-bond acceptors (Lipinski definition) is 6. The molecule has 2 amide bonds. The molecule has 0 aromatic heterocycles. The maximum absolute atomic E-state index is 13.7. The Morgan fingerprint density at radius 1 is 1.00 bits per heavy atom. The van der Waals surface area contributed by atoms with Crippen LogP contribution in [0.2, 0.25) is 0 Å². The molecule has 33 heavy (non-hydrogen) atoms. The van der Waals surface area contributed by atoms with Gasteiger partial charge in [-0.1, -0.05) is 25.1 Å². The highest BCUT2D eigenvalue weighted by Crippen LogP contribution is 2.39. The molecule has 7 heteroatoms. The van der Waals surface area contributed by atoms with E-state index in [0.717, 1.165) is 24.8 Å². The molecule has 1 fully saturated rings. The SMILES string of the molecule is CCc1ccc(N2C(=O)C(c3ccc(OC)c(OC)c3)=C(N3CCCC(CO)C3)C2=O)cc1. The van der Waals surface area contributed by atoms with Crippen molar-refractivity contribution in [3.05, 3.63) is 59.3 Å². The Morgan fingerprint density at radius 2 is 1.73 bits per heavy atom. The van der Waals surface area contributed by atoms with E-state index in [1.807, 2.05) is 29.2 Å². The molecule has 174 valence electrons. The number of benzene rings is 2. The zero-order valence-electron chi connectivity index (χ0n) is 19.3. The van der Waals surface area contributed by atoms with Gasteiger partial charge < -0.3 is 19.5 Å². The number of nitrogens with zero attached hydrogens (tertiary/aromatic N) is 2. The van der Waals surface area contributed by atoms with E-state index in [0.29, 0.717) is 47.1 Å². The van der Waals surface area contributed by atoms with Gasteiger partial charge >= 0.3 is 0 Å². The molecule has 1 unspecified atom stereocenters. The van der Waals surface area contributed by atoms with Gasteiger partial charge in [0.2, 0.25) is 0 Å². The van der Waals surface area contributed by atoms with Crippen LogP contribution in [0.3, 0.4) is 0 Å². The summed E-state index contributed by atoms with van der Waals surface area (Å²) in [7, 11) is 3.09. The number of ether oxygens (including phenoxy) is 2. The van der Waals surface area contributed by atoms with Crippen LogP contribution in [-0.2, 0) is 16.0 Å². The fraction of sp³-hybridized carbons (Fsp3) is 0.385. The number of likely N-dealkylation sites (tertiary alicyclic amines) is 1. The van der Waals surface area contributed by atoms with Gasteiger partial charge in [0, 0.05) is 19.7 Å². The Kier molecular flexibility index (Phi) is 6.70. The van der Waals surface area contributed by atoms with Gasteiger partial charge in [0.05, 0.1) is 25.5 Å². The molecular formula is C26H30N2O5. The van der Waals surface area contributed by atoms with Crippen LogP contribution < -0.4 is 14.4 Å². The summed E-state index contributed by atoms with van der Waals surface area (Å²) in [5.41, 5.74) is 3.00. The Morgan fingerprint density at radius 3 is 2.36 bits per heavy atom. The summed E-state index contributed by atoms with van der Waals surface area (Å²) >= 11 is 0. The number of rotatable bonds is 7. The molecule has 2 heterocycles. The van der Waals surface area contributed by atoms with Gasteiger partial charge in [0.1, 0.15) is 5.70 Å². The van der Waals surface area contributed by atoms with Gasteiger partial charge in [-0.3, -0.25) is 9.59 Å². The molecule has 1 atom stereocenters. The molecule has 0 radical (unpaired) electrons. The molecule has 0 aliphatic carbocycles. The second kappa shape index (κ2) is 9.67.